The second-order valence-corrected chi connectivity index (χ2v) is 4.77. The van der Waals surface area contributed by atoms with Crippen LogP contribution in [0.3, 0.4) is 0 Å². The van der Waals surface area contributed by atoms with Crippen LogP contribution >= 0.6 is 0 Å². The third-order valence-electron chi connectivity index (χ3n) is 3.06. The molecule has 1 aromatic heterocycles. The van der Waals surface area contributed by atoms with Crippen LogP contribution < -0.4 is 10.1 Å². The lowest BCUT2D eigenvalue weighted by Crippen LogP contribution is -2.20. The fourth-order valence-corrected chi connectivity index (χ4v) is 2.01. The van der Waals surface area contributed by atoms with Gasteiger partial charge in [0.1, 0.15) is 12.4 Å². The molecule has 0 spiro atoms. The first kappa shape index (κ1) is 15.1. The number of carboxylic acid groups (broad SMARTS) is 1. The fraction of sp³-hybridized carbons (Fsp3) is 0.333. The minimum Gasteiger partial charge on any atom is -0.492 e. The van der Waals surface area contributed by atoms with Crippen molar-refractivity contribution in [1.82, 2.24) is 15.1 Å². The van der Waals surface area contributed by atoms with Crippen molar-refractivity contribution in [3.63, 3.8) is 0 Å². The lowest BCUT2D eigenvalue weighted by atomic mass is 10.2. The summed E-state index contributed by atoms with van der Waals surface area (Å²) in [6, 6.07) is 6.48. The van der Waals surface area contributed by atoms with Gasteiger partial charge >= 0.3 is 5.97 Å². The topological polar surface area (TPSA) is 76.4 Å². The summed E-state index contributed by atoms with van der Waals surface area (Å²) < 4.78 is 7.32. The van der Waals surface area contributed by atoms with Crippen LogP contribution in [-0.2, 0) is 13.6 Å². The Balaban J connectivity index is 1.73. The number of hydrogen-bond donors (Lipinski definition) is 2. The molecule has 0 aliphatic carbocycles. The highest BCUT2D eigenvalue weighted by Crippen LogP contribution is 2.13. The smallest absolute Gasteiger partial charge is 0.335 e. The molecule has 0 saturated carbocycles. The highest BCUT2D eigenvalue weighted by Gasteiger charge is 2.04. The van der Waals surface area contributed by atoms with Crippen LogP contribution in [0.4, 0.5) is 0 Å². The van der Waals surface area contributed by atoms with Crippen molar-refractivity contribution in [2.45, 2.75) is 13.5 Å². The van der Waals surface area contributed by atoms with Crippen molar-refractivity contribution in [1.29, 1.82) is 0 Å². The molecule has 1 heterocycles. The number of benzene rings is 1. The number of carbonyl (C=O) groups is 1. The number of aromatic carboxylic acids is 1. The van der Waals surface area contributed by atoms with Crippen LogP contribution in [0.15, 0.2) is 30.5 Å². The van der Waals surface area contributed by atoms with Crippen LogP contribution in [0.2, 0.25) is 0 Å². The van der Waals surface area contributed by atoms with Crippen LogP contribution in [0.25, 0.3) is 0 Å². The normalized spacial score (nSPS) is 10.6. The first-order valence-electron chi connectivity index (χ1n) is 6.72. The fourth-order valence-electron chi connectivity index (χ4n) is 2.01. The molecular weight excluding hydrogens is 270 g/mol. The molecule has 1 aromatic carbocycles. The van der Waals surface area contributed by atoms with Crippen molar-refractivity contribution in [2.75, 3.05) is 13.2 Å². The summed E-state index contributed by atoms with van der Waals surface area (Å²) in [7, 11) is 1.90. The van der Waals surface area contributed by atoms with Crippen LogP contribution in [0.1, 0.15) is 21.6 Å². The van der Waals surface area contributed by atoms with Gasteiger partial charge in [-0.15, -0.1) is 0 Å². The molecule has 2 N–H and O–H groups in total. The quantitative estimate of drug-likeness (QED) is 0.757. The Hall–Kier alpha value is -2.34. The van der Waals surface area contributed by atoms with Gasteiger partial charge in [0, 0.05) is 31.9 Å². The maximum absolute atomic E-state index is 10.8. The highest BCUT2D eigenvalue weighted by atomic mass is 16.5. The molecular formula is C15H19N3O3. The summed E-state index contributed by atoms with van der Waals surface area (Å²) >= 11 is 0. The van der Waals surface area contributed by atoms with E-state index in [0.29, 0.717) is 18.9 Å². The SMILES string of the molecule is Cc1nn(C)cc1CNCCOc1cccc(C(=O)O)c1. The molecule has 0 aliphatic heterocycles. The maximum Gasteiger partial charge on any atom is 0.335 e. The van der Waals surface area contributed by atoms with Gasteiger partial charge in [0.05, 0.1) is 11.3 Å². The number of ether oxygens (including phenoxy) is 1. The van der Waals surface area contributed by atoms with E-state index in [9.17, 15) is 4.79 Å². The largest absolute Gasteiger partial charge is 0.492 e. The Bertz CT molecular complexity index is 622. The van der Waals surface area contributed by atoms with E-state index in [2.05, 4.69) is 10.4 Å². The average molecular weight is 289 g/mol. The number of carboxylic acids is 1. The Morgan fingerprint density at radius 2 is 2.29 bits per heavy atom. The van der Waals surface area contributed by atoms with Gasteiger partial charge in [-0.25, -0.2) is 4.79 Å². The maximum atomic E-state index is 10.8. The minimum atomic E-state index is -0.953. The van der Waals surface area contributed by atoms with Gasteiger partial charge in [-0.05, 0) is 25.1 Å². The molecule has 0 amide bonds. The summed E-state index contributed by atoms with van der Waals surface area (Å²) in [5.41, 5.74) is 2.40. The Labute approximate surface area is 123 Å². The minimum absolute atomic E-state index is 0.228. The molecule has 112 valence electrons. The number of aromatic nitrogens is 2. The molecule has 0 atom stereocenters. The van der Waals surface area contributed by atoms with Crippen LogP contribution in [-0.4, -0.2) is 34.0 Å². The molecule has 0 saturated heterocycles. The predicted molar refractivity (Wildman–Crippen MR) is 78.5 cm³/mol. The first-order valence-corrected chi connectivity index (χ1v) is 6.72. The van der Waals surface area contributed by atoms with Crippen LogP contribution in [0.5, 0.6) is 5.75 Å². The summed E-state index contributed by atoms with van der Waals surface area (Å²) in [5.74, 6) is -0.389. The van der Waals surface area contributed by atoms with E-state index < -0.39 is 5.97 Å². The summed E-state index contributed by atoms with van der Waals surface area (Å²) in [6.45, 7) is 3.86. The molecule has 0 unspecified atom stereocenters. The van der Waals surface area contributed by atoms with E-state index in [0.717, 1.165) is 17.8 Å². The van der Waals surface area contributed by atoms with Crippen molar-refractivity contribution in [3.05, 3.63) is 47.3 Å². The molecule has 21 heavy (non-hydrogen) atoms. The van der Waals surface area contributed by atoms with Gasteiger partial charge in [-0.1, -0.05) is 6.07 Å². The third kappa shape index (κ3) is 4.32. The van der Waals surface area contributed by atoms with Crippen molar-refractivity contribution in [2.24, 2.45) is 7.05 Å². The van der Waals surface area contributed by atoms with Gasteiger partial charge < -0.3 is 15.2 Å². The number of nitrogens with one attached hydrogen (secondary N) is 1. The molecule has 6 nitrogen and oxygen atoms in total. The van der Waals surface area contributed by atoms with Crippen molar-refractivity contribution >= 4 is 5.97 Å². The Morgan fingerprint density at radius 3 is 2.95 bits per heavy atom. The van der Waals surface area contributed by atoms with Gasteiger partial charge in [0.2, 0.25) is 0 Å². The highest BCUT2D eigenvalue weighted by molar-refractivity contribution is 5.87. The van der Waals surface area contributed by atoms with Crippen LogP contribution in [0, 0.1) is 6.92 Å². The molecule has 6 heteroatoms. The van der Waals surface area contributed by atoms with E-state index in [1.165, 1.54) is 6.07 Å². The third-order valence-corrected chi connectivity index (χ3v) is 3.06. The number of aryl methyl sites for hydroxylation is 2. The first-order chi connectivity index (χ1) is 10.1. The molecule has 2 aromatic rings. The molecule has 2 rings (SSSR count). The zero-order chi connectivity index (χ0) is 15.2. The zero-order valence-corrected chi connectivity index (χ0v) is 12.2. The second kappa shape index (κ2) is 6.90. The average Bonchev–Trinajstić information content (AvgIpc) is 2.77. The Kier molecular flexibility index (Phi) is 4.94. The van der Waals surface area contributed by atoms with E-state index >= 15 is 0 Å². The second-order valence-electron chi connectivity index (χ2n) is 4.77. The number of nitrogens with zero attached hydrogens (tertiary/aromatic N) is 2. The van der Waals surface area contributed by atoms with Gasteiger partial charge in [-0.2, -0.15) is 5.10 Å². The van der Waals surface area contributed by atoms with E-state index in [-0.39, 0.29) is 5.56 Å². The molecule has 0 radical (unpaired) electrons. The van der Waals surface area contributed by atoms with Gasteiger partial charge in [-0.3, -0.25) is 4.68 Å². The summed E-state index contributed by atoms with van der Waals surface area (Å²) in [5, 5.41) is 16.4. The monoisotopic (exact) mass is 289 g/mol. The summed E-state index contributed by atoms with van der Waals surface area (Å²) in [4.78, 5) is 10.8. The predicted octanol–water partition coefficient (Wildman–Crippen LogP) is 1.60. The lowest BCUT2D eigenvalue weighted by molar-refractivity contribution is 0.0696. The zero-order valence-electron chi connectivity index (χ0n) is 12.2. The molecule has 0 aliphatic rings. The van der Waals surface area contributed by atoms with Crippen molar-refractivity contribution < 1.29 is 14.6 Å². The van der Waals surface area contributed by atoms with E-state index in [1.54, 1.807) is 22.9 Å². The number of rotatable bonds is 7. The molecule has 0 bridgehead atoms. The lowest BCUT2D eigenvalue weighted by Gasteiger charge is -2.07. The Morgan fingerprint density at radius 1 is 1.48 bits per heavy atom. The van der Waals surface area contributed by atoms with E-state index in [1.807, 2.05) is 20.2 Å². The molecule has 0 fully saturated rings. The van der Waals surface area contributed by atoms with Gasteiger partial charge in [0.15, 0.2) is 0 Å². The van der Waals surface area contributed by atoms with Gasteiger partial charge in [0.25, 0.3) is 0 Å². The number of hydrogen-bond acceptors (Lipinski definition) is 4. The summed E-state index contributed by atoms with van der Waals surface area (Å²) in [6.07, 6.45) is 1.99. The van der Waals surface area contributed by atoms with Crippen molar-refractivity contribution in [3.8, 4) is 5.75 Å². The van der Waals surface area contributed by atoms with E-state index in [4.69, 9.17) is 9.84 Å². The standard InChI is InChI=1S/C15H19N3O3/c1-11-13(10-18(2)17-11)9-16-6-7-21-14-5-3-4-12(8-14)15(19)20/h3-5,8,10,16H,6-7,9H2,1-2H3,(H,19,20).